The molecule has 0 aliphatic rings. The van der Waals surface area contributed by atoms with Crippen molar-refractivity contribution in [3.63, 3.8) is 0 Å². The van der Waals surface area contributed by atoms with Crippen LogP contribution in [0.25, 0.3) is 22.4 Å². The van der Waals surface area contributed by atoms with Gasteiger partial charge in [0.05, 0.1) is 16.7 Å². The molecule has 0 saturated carbocycles. The highest BCUT2D eigenvalue weighted by atomic mass is 16.6. The average molecular weight is 410 g/mol. The average Bonchev–Trinajstić information content (AvgIpc) is 3.26. The first kappa shape index (κ1) is 19.8. The summed E-state index contributed by atoms with van der Waals surface area (Å²) in [5.41, 5.74) is 6.39. The maximum atomic E-state index is 12.9. The van der Waals surface area contributed by atoms with Crippen LogP contribution in [0, 0.1) is 10.1 Å². The van der Waals surface area contributed by atoms with Crippen LogP contribution in [0.3, 0.4) is 0 Å². The maximum absolute atomic E-state index is 12.9. The highest BCUT2D eigenvalue weighted by molar-refractivity contribution is 6.01. The maximum Gasteiger partial charge on any atom is 0.288 e. The molecule has 1 aromatic heterocycles. The molecule has 7 nitrogen and oxygen atoms in total. The number of amides is 1. The third-order valence-corrected chi connectivity index (χ3v) is 4.72. The predicted molar refractivity (Wildman–Crippen MR) is 120 cm³/mol. The number of benzene rings is 3. The number of H-pyrrole nitrogens is 1. The lowest BCUT2D eigenvalue weighted by Gasteiger charge is -2.03. The number of nitro benzene ring substituents is 1. The number of aromatic nitrogens is 1. The number of nitrogens with zero attached hydrogens (tertiary/aromatic N) is 2. The van der Waals surface area contributed by atoms with E-state index in [1.807, 2.05) is 66.7 Å². The number of nitrogens with one attached hydrogen (secondary N) is 2. The third-order valence-electron chi connectivity index (χ3n) is 4.72. The second-order valence-electron chi connectivity index (χ2n) is 6.72. The number of hydrogen-bond acceptors (Lipinski definition) is 4. The quantitative estimate of drug-likeness (QED) is 0.265. The molecule has 4 rings (SSSR count). The summed E-state index contributed by atoms with van der Waals surface area (Å²) in [5, 5.41) is 15.1. The van der Waals surface area contributed by atoms with Crippen molar-refractivity contribution in [2.24, 2.45) is 5.10 Å². The van der Waals surface area contributed by atoms with Gasteiger partial charge in [-0.05, 0) is 23.3 Å². The lowest BCUT2D eigenvalue weighted by Crippen LogP contribution is -2.19. The highest BCUT2D eigenvalue weighted by Gasteiger charge is 2.17. The van der Waals surface area contributed by atoms with Crippen LogP contribution in [0.15, 0.2) is 96.1 Å². The van der Waals surface area contributed by atoms with Crippen LogP contribution in [-0.2, 0) is 0 Å². The van der Waals surface area contributed by atoms with Gasteiger partial charge in [-0.2, -0.15) is 5.10 Å². The molecule has 1 amide bonds. The first-order chi connectivity index (χ1) is 15.1. The number of aromatic amines is 1. The zero-order valence-corrected chi connectivity index (χ0v) is 16.4. The van der Waals surface area contributed by atoms with Crippen molar-refractivity contribution in [2.75, 3.05) is 0 Å². The number of hydrogen-bond donors (Lipinski definition) is 2. The molecule has 0 atom stereocenters. The lowest BCUT2D eigenvalue weighted by molar-refractivity contribution is -0.385. The van der Waals surface area contributed by atoms with Gasteiger partial charge in [0.15, 0.2) is 0 Å². The molecule has 7 heteroatoms. The summed E-state index contributed by atoms with van der Waals surface area (Å²) < 4.78 is 0. The molecule has 2 N–H and O–H groups in total. The Balaban J connectivity index is 1.64. The van der Waals surface area contributed by atoms with E-state index in [9.17, 15) is 14.9 Å². The summed E-state index contributed by atoms with van der Waals surface area (Å²) in [6, 6.07) is 27.3. The first-order valence-electron chi connectivity index (χ1n) is 9.54. The minimum absolute atomic E-state index is 0.0864. The van der Waals surface area contributed by atoms with Crippen LogP contribution < -0.4 is 5.43 Å². The minimum atomic E-state index is -0.492. The highest BCUT2D eigenvalue weighted by Crippen LogP contribution is 2.29. The van der Waals surface area contributed by atoms with Gasteiger partial charge in [0.2, 0.25) is 0 Å². The minimum Gasteiger partial charge on any atom is -0.350 e. The van der Waals surface area contributed by atoms with Crippen LogP contribution >= 0.6 is 0 Å². The molecule has 0 aliphatic heterocycles. The normalized spacial score (nSPS) is 10.8. The fourth-order valence-electron chi connectivity index (χ4n) is 3.23. The number of para-hydroxylation sites is 1. The summed E-state index contributed by atoms with van der Waals surface area (Å²) in [7, 11) is 0. The van der Waals surface area contributed by atoms with E-state index in [-0.39, 0.29) is 5.69 Å². The van der Waals surface area contributed by atoms with Gasteiger partial charge in [0.25, 0.3) is 11.6 Å². The van der Waals surface area contributed by atoms with Crippen molar-refractivity contribution in [3.8, 4) is 22.4 Å². The Kier molecular flexibility index (Phi) is 5.66. The summed E-state index contributed by atoms with van der Waals surface area (Å²) in [6.07, 6.45) is 1.26. The van der Waals surface area contributed by atoms with Gasteiger partial charge >= 0.3 is 0 Å². The number of rotatable bonds is 6. The fraction of sp³-hybridized carbons (Fsp3) is 0. The summed E-state index contributed by atoms with van der Waals surface area (Å²) in [4.78, 5) is 26.7. The van der Waals surface area contributed by atoms with Crippen LogP contribution in [0.4, 0.5) is 5.69 Å². The van der Waals surface area contributed by atoms with Gasteiger partial charge in [0.1, 0.15) is 5.69 Å². The molecule has 0 radical (unpaired) electrons. The first-order valence-corrected chi connectivity index (χ1v) is 9.54. The molecule has 0 aliphatic carbocycles. The van der Waals surface area contributed by atoms with Gasteiger partial charge in [-0.25, -0.2) is 5.43 Å². The fourth-order valence-corrected chi connectivity index (χ4v) is 3.23. The smallest absolute Gasteiger partial charge is 0.288 e. The van der Waals surface area contributed by atoms with Crippen molar-refractivity contribution in [3.05, 3.63) is 112 Å². The third kappa shape index (κ3) is 4.40. The Labute approximate surface area is 178 Å². The Morgan fingerprint density at radius 2 is 1.52 bits per heavy atom. The molecule has 0 bridgehead atoms. The number of hydrazone groups is 1. The Morgan fingerprint density at radius 1 is 0.903 bits per heavy atom. The van der Waals surface area contributed by atoms with Gasteiger partial charge < -0.3 is 4.98 Å². The SMILES string of the molecule is O=C(N/N=C\c1ccccc1[N+](=O)[O-])c1[nH]c(-c2ccccc2)cc1-c1ccccc1. The van der Waals surface area contributed by atoms with Crippen molar-refractivity contribution >= 4 is 17.8 Å². The molecule has 0 spiro atoms. The van der Waals surface area contributed by atoms with Crippen molar-refractivity contribution in [2.45, 2.75) is 0 Å². The van der Waals surface area contributed by atoms with Gasteiger partial charge in [-0.1, -0.05) is 72.8 Å². The van der Waals surface area contributed by atoms with E-state index in [1.165, 1.54) is 12.3 Å². The predicted octanol–water partition coefficient (Wildman–Crippen LogP) is 5.02. The molecule has 4 aromatic rings. The number of carbonyl (C=O) groups excluding carboxylic acids is 1. The van der Waals surface area contributed by atoms with E-state index in [0.29, 0.717) is 11.3 Å². The van der Waals surface area contributed by atoms with E-state index < -0.39 is 10.8 Å². The number of nitro groups is 1. The van der Waals surface area contributed by atoms with E-state index in [0.717, 1.165) is 22.4 Å². The molecule has 152 valence electrons. The summed E-state index contributed by atoms with van der Waals surface area (Å²) in [6.45, 7) is 0. The molecule has 0 saturated heterocycles. The zero-order valence-electron chi connectivity index (χ0n) is 16.4. The largest absolute Gasteiger partial charge is 0.350 e. The second-order valence-corrected chi connectivity index (χ2v) is 6.72. The van der Waals surface area contributed by atoms with E-state index in [1.54, 1.807) is 18.2 Å². The standard InChI is InChI=1S/C24H18N4O3/c29-24(27-25-16-19-13-7-8-14-22(19)28(30)31)23-20(17-9-3-1-4-10-17)15-21(26-23)18-11-5-2-6-12-18/h1-16,26H,(H,27,29)/b25-16-. The molecule has 1 heterocycles. The zero-order chi connectivity index (χ0) is 21.6. The van der Waals surface area contributed by atoms with Gasteiger partial charge in [-0.15, -0.1) is 0 Å². The van der Waals surface area contributed by atoms with Crippen molar-refractivity contribution in [1.29, 1.82) is 0 Å². The van der Waals surface area contributed by atoms with Crippen molar-refractivity contribution in [1.82, 2.24) is 10.4 Å². The van der Waals surface area contributed by atoms with Crippen molar-refractivity contribution < 1.29 is 9.72 Å². The second kappa shape index (κ2) is 8.87. The van der Waals surface area contributed by atoms with E-state index in [2.05, 4.69) is 15.5 Å². The van der Waals surface area contributed by atoms with E-state index >= 15 is 0 Å². The van der Waals surface area contributed by atoms with E-state index in [4.69, 9.17) is 0 Å². The topological polar surface area (TPSA) is 100 Å². The molecule has 0 unspecified atom stereocenters. The van der Waals surface area contributed by atoms with Crippen LogP contribution in [0.2, 0.25) is 0 Å². The van der Waals surface area contributed by atoms with Gasteiger partial charge in [0, 0.05) is 17.3 Å². The summed E-state index contributed by atoms with van der Waals surface area (Å²) in [5.74, 6) is -0.448. The van der Waals surface area contributed by atoms with Crippen LogP contribution in [0.1, 0.15) is 16.1 Å². The molecular weight excluding hydrogens is 392 g/mol. The Morgan fingerprint density at radius 3 is 2.19 bits per heavy atom. The molecule has 0 fully saturated rings. The summed E-state index contributed by atoms with van der Waals surface area (Å²) >= 11 is 0. The van der Waals surface area contributed by atoms with Crippen LogP contribution in [0.5, 0.6) is 0 Å². The monoisotopic (exact) mass is 410 g/mol. The number of carbonyl (C=O) groups is 1. The Bertz CT molecular complexity index is 1250. The van der Waals surface area contributed by atoms with Crippen LogP contribution in [-0.4, -0.2) is 22.0 Å². The molecule has 3 aromatic carbocycles. The molecule has 31 heavy (non-hydrogen) atoms. The van der Waals surface area contributed by atoms with Gasteiger partial charge in [-0.3, -0.25) is 14.9 Å². The Hall–Kier alpha value is -4.52. The molecular formula is C24H18N4O3. The lowest BCUT2D eigenvalue weighted by atomic mass is 10.0.